The molecule has 0 aliphatic carbocycles. The smallest absolute Gasteiger partial charge is 0.191 e. The summed E-state index contributed by atoms with van der Waals surface area (Å²) >= 11 is 0. The van der Waals surface area contributed by atoms with Gasteiger partial charge in [0.05, 0.1) is 12.2 Å². The fourth-order valence-corrected chi connectivity index (χ4v) is 3.70. The topological polar surface area (TPSA) is 68.9 Å². The van der Waals surface area contributed by atoms with Gasteiger partial charge in [-0.3, -0.25) is 4.99 Å². The lowest BCUT2D eigenvalue weighted by Gasteiger charge is -2.34. The van der Waals surface area contributed by atoms with Crippen molar-refractivity contribution in [2.75, 3.05) is 52.9 Å². The van der Waals surface area contributed by atoms with Crippen LogP contribution in [0.1, 0.15) is 63.8 Å². The van der Waals surface area contributed by atoms with Crippen LogP contribution in [-0.4, -0.2) is 73.8 Å². The molecule has 0 amide bonds. The summed E-state index contributed by atoms with van der Waals surface area (Å²) in [6.45, 7) is 15.4. The van der Waals surface area contributed by atoms with Gasteiger partial charge < -0.3 is 25.0 Å². The van der Waals surface area contributed by atoms with E-state index in [-0.39, 0.29) is 24.0 Å². The number of hydrogen-bond donors (Lipinski definition) is 2. The van der Waals surface area contributed by atoms with Crippen molar-refractivity contribution in [3.63, 3.8) is 0 Å². The maximum atomic E-state index is 5.47. The van der Waals surface area contributed by atoms with Crippen molar-refractivity contribution in [3.8, 4) is 0 Å². The largest absolute Gasteiger partial charge is 0.359 e. The summed E-state index contributed by atoms with van der Waals surface area (Å²) in [5, 5.41) is 10.9. The molecule has 2 N–H and O–H groups in total. The first-order valence-electron chi connectivity index (χ1n) is 11.0. The van der Waals surface area contributed by atoms with Gasteiger partial charge in [-0.25, -0.2) is 0 Å². The van der Waals surface area contributed by atoms with Crippen molar-refractivity contribution >= 4 is 29.9 Å². The third-order valence-electron chi connectivity index (χ3n) is 5.74. The highest BCUT2D eigenvalue weighted by Crippen LogP contribution is 2.22. The molecule has 1 aromatic heterocycles. The minimum atomic E-state index is 0. The van der Waals surface area contributed by atoms with Crippen LogP contribution in [0.15, 0.2) is 15.6 Å². The summed E-state index contributed by atoms with van der Waals surface area (Å²) in [5.74, 6) is 2.16. The van der Waals surface area contributed by atoms with Crippen LogP contribution in [-0.2, 0) is 6.54 Å². The van der Waals surface area contributed by atoms with Gasteiger partial charge in [-0.2, -0.15) is 0 Å². The number of guanidine groups is 1. The lowest BCUT2D eigenvalue weighted by molar-refractivity contribution is 0.136. The Labute approximate surface area is 194 Å². The predicted molar refractivity (Wildman–Crippen MR) is 131 cm³/mol. The molecule has 168 valence electrons. The van der Waals surface area contributed by atoms with Crippen molar-refractivity contribution in [1.82, 2.24) is 25.6 Å². The number of aliphatic imine (C=N–C) groups is 1. The molecule has 29 heavy (non-hydrogen) atoms. The number of halogens is 1. The zero-order valence-corrected chi connectivity index (χ0v) is 21.1. The molecule has 7 nitrogen and oxygen atoms in total. The fourth-order valence-electron chi connectivity index (χ4n) is 3.70. The van der Waals surface area contributed by atoms with Crippen LogP contribution in [0.3, 0.4) is 0 Å². The second-order valence-electron chi connectivity index (χ2n) is 7.57. The van der Waals surface area contributed by atoms with Gasteiger partial charge in [-0.1, -0.05) is 25.9 Å². The highest BCUT2D eigenvalue weighted by molar-refractivity contribution is 14.0. The summed E-state index contributed by atoms with van der Waals surface area (Å²) in [5.41, 5.74) is 1.06. The molecule has 1 saturated heterocycles. The monoisotopic (exact) mass is 520 g/mol. The maximum absolute atomic E-state index is 5.47. The van der Waals surface area contributed by atoms with E-state index in [0.29, 0.717) is 12.5 Å². The Balaban J connectivity index is 0.00000420. The van der Waals surface area contributed by atoms with Gasteiger partial charge in [-0.05, 0) is 38.8 Å². The normalized spacial score (nSPS) is 16.1. The van der Waals surface area contributed by atoms with Crippen LogP contribution in [0.2, 0.25) is 0 Å². The minimum absolute atomic E-state index is 0. The van der Waals surface area contributed by atoms with Crippen LogP contribution < -0.4 is 10.6 Å². The summed E-state index contributed by atoms with van der Waals surface area (Å²) in [7, 11) is 1.80. The molecule has 1 aliphatic heterocycles. The number of unbranched alkanes of at least 4 members (excludes halogenated alkanes) is 1. The number of aromatic nitrogens is 1. The number of nitrogens with one attached hydrogen (secondary N) is 2. The lowest BCUT2D eigenvalue weighted by Crippen LogP contribution is -2.46. The molecule has 0 spiro atoms. The molecule has 1 fully saturated rings. The molecule has 8 heteroatoms. The van der Waals surface area contributed by atoms with Gasteiger partial charge in [0.2, 0.25) is 0 Å². The molecule has 0 bridgehead atoms. The summed E-state index contributed by atoms with van der Waals surface area (Å²) in [6, 6.07) is 2.07. The quantitative estimate of drug-likeness (QED) is 0.202. The van der Waals surface area contributed by atoms with Gasteiger partial charge >= 0.3 is 0 Å². The standard InChI is InChI=1S/C21H40N6O.HI/c1-5-18(6-2)20-16-19(28-25-20)17-24-21(22-4)23-10-8-9-11-27-14-12-26(7-3)13-15-27;/h16,18H,5-15,17H2,1-4H3,(H2,22,23,24);1H. The Hall–Kier alpha value is -0.870. The second kappa shape index (κ2) is 15.0. The van der Waals surface area contributed by atoms with E-state index in [1.165, 1.54) is 45.7 Å². The molecule has 0 atom stereocenters. The molecule has 2 rings (SSSR count). The average molecular weight is 521 g/mol. The van der Waals surface area contributed by atoms with Gasteiger partial charge in [0.1, 0.15) is 0 Å². The highest BCUT2D eigenvalue weighted by Gasteiger charge is 2.15. The number of piperazine rings is 1. The van der Waals surface area contributed by atoms with E-state index in [1.54, 1.807) is 7.05 Å². The van der Waals surface area contributed by atoms with E-state index in [0.717, 1.165) is 43.2 Å². The Kier molecular flexibility index (Phi) is 13.5. The number of nitrogens with zero attached hydrogens (tertiary/aromatic N) is 4. The molecule has 1 aromatic rings. The van der Waals surface area contributed by atoms with Crippen molar-refractivity contribution in [2.24, 2.45) is 4.99 Å². The molecule has 2 heterocycles. The van der Waals surface area contributed by atoms with Crippen LogP contribution in [0.4, 0.5) is 0 Å². The third-order valence-corrected chi connectivity index (χ3v) is 5.74. The first-order chi connectivity index (χ1) is 13.7. The Morgan fingerprint density at radius 3 is 2.41 bits per heavy atom. The minimum Gasteiger partial charge on any atom is -0.359 e. The summed E-state index contributed by atoms with van der Waals surface area (Å²) < 4.78 is 5.47. The number of likely N-dealkylation sites (N-methyl/N-ethyl adjacent to an activating group) is 1. The van der Waals surface area contributed by atoms with Gasteiger partial charge in [0.25, 0.3) is 0 Å². The molecule has 0 radical (unpaired) electrons. The number of hydrogen-bond acceptors (Lipinski definition) is 5. The first-order valence-corrected chi connectivity index (χ1v) is 11.0. The first kappa shape index (κ1) is 26.2. The fraction of sp³-hybridized carbons (Fsp3) is 0.810. The van der Waals surface area contributed by atoms with E-state index >= 15 is 0 Å². The Morgan fingerprint density at radius 1 is 1.10 bits per heavy atom. The van der Waals surface area contributed by atoms with E-state index < -0.39 is 0 Å². The molecule has 0 saturated carbocycles. The van der Waals surface area contributed by atoms with Crippen LogP contribution in [0, 0.1) is 0 Å². The van der Waals surface area contributed by atoms with Crippen molar-refractivity contribution in [3.05, 3.63) is 17.5 Å². The summed E-state index contributed by atoms with van der Waals surface area (Å²) in [6.07, 6.45) is 4.55. The zero-order chi connectivity index (χ0) is 20.2. The maximum Gasteiger partial charge on any atom is 0.191 e. The van der Waals surface area contributed by atoms with E-state index in [1.807, 2.05) is 0 Å². The van der Waals surface area contributed by atoms with Crippen molar-refractivity contribution < 1.29 is 4.52 Å². The van der Waals surface area contributed by atoms with Crippen LogP contribution in [0.25, 0.3) is 0 Å². The highest BCUT2D eigenvalue weighted by atomic mass is 127. The van der Waals surface area contributed by atoms with Gasteiger partial charge in [0.15, 0.2) is 11.7 Å². The lowest BCUT2D eigenvalue weighted by atomic mass is 9.99. The molecular weight excluding hydrogens is 479 g/mol. The Morgan fingerprint density at radius 2 is 1.79 bits per heavy atom. The SMILES string of the molecule is CCC(CC)c1cc(CNC(=NC)NCCCCN2CCN(CC)CC2)on1.I. The molecule has 1 aliphatic rings. The Bertz CT molecular complexity index is 567. The summed E-state index contributed by atoms with van der Waals surface area (Å²) in [4.78, 5) is 9.41. The molecular formula is C21H41IN6O. The van der Waals surface area contributed by atoms with Gasteiger partial charge in [-0.15, -0.1) is 24.0 Å². The average Bonchev–Trinajstić information content (AvgIpc) is 3.20. The number of rotatable bonds is 11. The van der Waals surface area contributed by atoms with E-state index in [4.69, 9.17) is 4.52 Å². The van der Waals surface area contributed by atoms with Crippen LogP contribution in [0.5, 0.6) is 0 Å². The van der Waals surface area contributed by atoms with Gasteiger partial charge in [0, 0.05) is 51.8 Å². The van der Waals surface area contributed by atoms with E-state index in [9.17, 15) is 0 Å². The molecule has 0 aromatic carbocycles. The van der Waals surface area contributed by atoms with Crippen LogP contribution >= 0.6 is 24.0 Å². The van der Waals surface area contributed by atoms with E-state index in [2.05, 4.69) is 57.4 Å². The van der Waals surface area contributed by atoms with Crippen molar-refractivity contribution in [1.29, 1.82) is 0 Å². The second-order valence-corrected chi connectivity index (χ2v) is 7.57. The predicted octanol–water partition coefficient (Wildman–Crippen LogP) is 3.28. The zero-order valence-electron chi connectivity index (χ0n) is 18.7. The third kappa shape index (κ3) is 9.21. The molecule has 0 unspecified atom stereocenters. The van der Waals surface area contributed by atoms with Crippen molar-refractivity contribution in [2.45, 2.75) is 58.9 Å².